The van der Waals surface area contributed by atoms with E-state index < -0.39 is 10.0 Å². The van der Waals surface area contributed by atoms with Crippen molar-refractivity contribution in [3.05, 3.63) is 12.0 Å². The second kappa shape index (κ2) is 4.99. The van der Waals surface area contributed by atoms with Gasteiger partial charge in [0.05, 0.1) is 0 Å². The predicted molar refractivity (Wildman–Crippen MR) is 66.5 cm³/mol. The number of aromatic nitrogens is 2. The van der Waals surface area contributed by atoms with E-state index >= 15 is 0 Å². The van der Waals surface area contributed by atoms with Crippen molar-refractivity contribution in [1.29, 1.82) is 0 Å². The Bertz CT molecular complexity index is 500. The van der Waals surface area contributed by atoms with Crippen molar-refractivity contribution in [3.63, 3.8) is 0 Å². The highest BCUT2D eigenvalue weighted by Gasteiger charge is 2.34. The third-order valence-electron chi connectivity index (χ3n) is 3.30. The minimum Gasteiger partial charge on any atom is -0.396 e. The van der Waals surface area contributed by atoms with Crippen LogP contribution in [0.3, 0.4) is 0 Å². The minimum atomic E-state index is -3.58. The van der Waals surface area contributed by atoms with Gasteiger partial charge in [0.1, 0.15) is 5.82 Å². The summed E-state index contributed by atoms with van der Waals surface area (Å²) in [6, 6.07) is -0.178. The average molecular weight is 273 g/mol. The molecule has 1 heterocycles. The quantitative estimate of drug-likeness (QED) is 0.773. The van der Waals surface area contributed by atoms with E-state index in [-0.39, 0.29) is 17.7 Å². The maximum atomic E-state index is 12.1. The molecule has 1 fully saturated rings. The number of hydrogen-bond donors (Lipinski definition) is 2. The number of aryl methyl sites for hydroxylation is 2. The molecule has 1 atom stereocenters. The highest BCUT2D eigenvalue weighted by molar-refractivity contribution is 7.89. The van der Waals surface area contributed by atoms with Crippen molar-refractivity contribution in [3.8, 4) is 0 Å². The summed E-state index contributed by atoms with van der Waals surface area (Å²) in [4.78, 5) is 4.02. The molecule has 1 unspecified atom stereocenters. The lowest BCUT2D eigenvalue weighted by Gasteiger charge is -2.15. The number of aliphatic hydroxyl groups is 1. The molecule has 0 amide bonds. The normalized spacial score (nSPS) is 17.9. The first-order valence-corrected chi connectivity index (χ1v) is 7.55. The Labute approximate surface area is 107 Å². The molecule has 2 rings (SSSR count). The summed E-state index contributed by atoms with van der Waals surface area (Å²) in [5.74, 6) is 1.01. The Hall–Kier alpha value is -0.920. The zero-order chi connectivity index (χ0) is 13.3. The molecule has 1 aliphatic rings. The van der Waals surface area contributed by atoms with Crippen molar-refractivity contribution in [2.75, 3.05) is 6.61 Å². The summed E-state index contributed by atoms with van der Waals surface area (Å²) < 4.78 is 28.6. The highest BCUT2D eigenvalue weighted by atomic mass is 32.2. The predicted octanol–water partition coefficient (Wildman–Crippen LogP) is 0.168. The molecule has 2 N–H and O–H groups in total. The van der Waals surface area contributed by atoms with Crippen molar-refractivity contribution in [2.24, 2.45) is 13.0 Å². The summed E-state index contributed by atoms with van der Waals surface area (Å²) in [5, 5.41) is 9.02. The number of nitrogens with zero attached hydrogens (tertiary/aromatic N) is 2. The number of nitrogens with one attached hydrogen (secondary N) is 1. The molecule has 6 nitrogen and oxygen atoms in total. The van der Waals surface area contributed by atoms with Gasteiger partial charge >= 0.3 is 0 Å². The van der Waals surface area contributed by atoms with Gasteiger partial charge in [-0.1, -0.05) is 0 Å². The molecule has 0 aromatic carbocycles. The van der Waals surface area contributed by atoms with Crippen LogP contribution in [-0.4, -0.2) is 35.7 Å². The molecule has 0 bridgehead atoms. The maximum Gasteiger partial charge on any atom is 0.259 e. The number of aliphatic hydroxyl groups excluding tert-OH is 1. The Morgan fingerprint density at radius 2 is 2.28 bits per heavy atom. The van der Waals surface area contributed by atoms with Crippen LogP contribution in [0.5, 0.6) is 0 Å². The van der Waals surface area contributed by atoms with E-state index in [9.17, 15) is 8.42 Å². The molecule has 0 aliphatic heterocycles. The summed E-state index contributed by atoms with van der Waals surface area (Å²) >= 11 is 0. The largest absolute Gasteiger partial charge is 0.396 e. The van der Waals surface area contributed by atoms with Crippen molar-refractivity contribution >= 4 is 10.0 Å². The van der Waals surface area contributed by atoms with Gasteiger partial charge in [0, 0.05) is 25.9 Å². The van der Waals surface area contributed by atoms with Crippen LogP contribution in [0.1, 0.15) is 25.1 Å². The zero-order valence-electron chi connectivity index (χ0n) is 10.6. The van der Waals surface area contributed by atoms with Gasteiger partial charge in [-0.25, -0.2) is 18.1 Å². The summed E-state index contributed by atoms with van der Waals surface area (Å²) in [5.41, 5.74) is 0. The second-order valence-corrected chi connectivity index (χ2v) is 6.48. The third-order valence-corrected chi connectivity index (χ3v) is 4.66. The first kappa shape index (κ1) is 13.5. The molecule has 1 aliphatic carbocycles. The van der Waals surface area contributed by atoms with Crippen LogP contribution in [0.2, 0.25) is 0 Å². The van der Waals surface area contributed by atoms with Crippen LogP contribution < -0.4 is 4.72 Å². The van der Waals surface area contributed by atoms with Gasteiger partial charge in [-0.2, -0.15) is 0 Å². The fourth-order valence-electron chi connectivity index (χ4n) is 1.94. The van der Waals surface area contributed by atoms with Gasteiger partial charge < -0.3 is 9.67 Å². The first-order chi connectivity index (χ1) is 8.44. The molecule has 0 saturated heterocycles. The molecule has 0 spiro atoms. The smallest absolute Gasteiger partial charge is 0.259 e. The van der Waals surface area contributed by atoms with Gasteiger partial charge in [0.15, 0.2) is 5.03 Å². The van der Waals surface area contributed by atoms with Crippen LogP contribution in [0.4, 0.5) is 0 Å². The molecule has 7 heteroatoms. The number of imidazole rings is 1. The third kappa shape index (κ3) is 2.90. The van der Waals surface area contributed by atoms with E-state index in [0.29, 0.717) is 18.2 Å². The highest BCUT2D eigenvalue weighted by Crippen LogP contribution is 2.34. The van der Waals surface area contributed by atoms with E-state index in [0.717, 1.165) is 12.8 Å². The molecular formula is C11H19N3O3S. The number of rotatable bonds is 6. The lowest BCUT2D eigenvalue weighted by Crippen LogP contribution is -2.37. The molecule has 0 radical (unpaired) electrons. The topological polar surface area (TPSA) is 84.2 Å². The van der Waals surface area contributed by atoms with E-state index in [2.05, 4.69) is 9.71 Å². The van der Waals surface area contributed by atoms with Gasteiger partial charge in [0.25, 0.3) is 10.0 Å². The monoisotopic (exact) mass is 273 g/mol. The van der Waals surface area contributed by atoms with E-state index in [1.54, 1.807) is 18.5 Å². The Morgan fingerprint density at radius 1 is 1.61 bits per heavy atom. The molecule has 18 heavy (non-hydrogen) atoms. The van der Waals surface area contributed by atoms with Crippen LogP contribution in [-0.2, 0) is 17.1 Å². The van der Waals surface area contributed by atoms with Crippen LogP contribution in [0, 0.1) is 12.8 Å². The van der Waals surface area contributed by atoms with E-state index in [4.69, 9.17) is 5.11 Å². The first-order valence-electron chi connectivity index (χ1n) is 6.07. The van der Waals surface area contributed by atoms with E-state index in [1.807, 2.05) is 0 Å². The van der Waals surface area contributed by atoms with Crippen LogP contribution >= 0.6 is 0 Å². The maximum absolute atomic E-state index is 12.1. The second-order valence-electron chi connectivity index (χ2n) is 4.81. The molecular weight excluding hydrogens is 254 g/mol. The Kier molecular flexibility index (Phi) is 3.74. The SMILES string of the molecule is Cc1nc(S(=O)(=O)NC(CCO)C2CC2)cn1C. The average Bonchev–Trinajstić information content (AvgIpc) is 3.06. The summed E-state index contributed by atoms with van der Waals surface area (Å²) in [6.45, 7) is 1.75. The van der Waals surface area contributed by atoms with Crippen molar-refractivity contribution in [1.82, 2.24) is 14.3 Å². The summed E-state index contributed by atoms with van der Waals surface area (Å²) in [6.07, 6.45) is 4.00. The Balaban J connectivity index is 2.15. The van der Waals surface area contributed by atoms with Crippen molar-refractivity contribution in [2.45, 2.75) is 37.3 Å². The molecule has 1 aromatic rings. The lowest BCUT2D eigenvalue weighted by atomic mass is 10.1. The fraction of sp³-hybridized carbons (Fsp3) is 0.727. The standard InChI is InChI=1S/C11H19N3O3S/c1-8-12-11(7-14(8)2)18(16,17)13-10(5-6-15)9-3-4-9/h7,9-10,13,15H,3-6H2,1-2H3. The minimum absolute atomic E-state index is 0.00900. The van der Waals surface area contributed by atoms with Crippen LogP contribution in [0.25, 0.3) is 0 Å². The number of hydrogen-bond acceptors (Lipinski definition) is 4. The van der Waals surface area contributed by atoms with Crippen molar-refractivity contribution < 1.29 is 13.5 Å². The zero-order valence-corrected chi connectivity index (χ0v) is 11.4. The fourth-order valence-corrected chi connectivity index (χ4v) is 3.32. The number of sulfonamides is 1. The van der Waals surface area contributed by atoms with Crippen LogP contribution in [0.15, 0.2) is 11.2 Å². The van der Waals surface area contributed by atoms with E-state index in [1.165, 1.54) is 6.20 Å². The lowest BCUT2D eigenvalue weighted by molar-refractivity contribution is 0.265. The van der Waals surface area contributed by atoms with Gasteiger partial charge in [0.2, 0.25) is 0 Å². The molecule has 102 valence electrons. The van der Waals surface area contributed by atoms with Gasteiger partial charge in [-0.15, -0.1) is 0 Å². The van der Waals surface area contributed by atoms with Gasteiger partial charge in [-0.3, -0.25) is 0 Å². The molecule has 1 aromatic heterocycles. The Morgan fingerprint density at radius 3 is 2.72 bits per heavy atom. The summed E-state index contributed by atoms with van der Waals surface area (Å²) in [7, 11) is -1.82. The van der Waals surface area contributed by atoms with Gasteiger partial charge in [-0.05, 0) is 32.1 Å². The molecule has 1 saturated carbocycles.